The van der Waals surface area contributed by atoms with E-state index in [0.29, 0.717) is 16.8 Å². The minimum absolute atomic E-state index is 0.215. The number of guanidine groups is 1. The van der Waals surface area contributed by atoms with E-state index in [1.807, 2.05) is 30.3 Å². The number of nitrogens with one attached hydrogen (secondary N) is 2. The van der Waals surface area contributed by atoms with E-state index in [-0.39, 0.29) is 10.2 Å². The summed E-state index contributed by atoms with van der Waals surface area (Å²) in [5, 5.41) is 12.0. The number of aromatic nitrogens is 2. The summed E-state index contributed by atoms with van der Waals surface area (Å²) in [4.78, 5) is 5.06. The van der Waals surface area contributed by atoms with Gasteiger partial charge in [-0.2, -0.15) is 13.5 Å². The molecule has 4 N–H and O–H groups in total. The molecule has 0 amide bonds. The van der Waals surface area contributed by atoms with Crippen molar-refractivity contribution in [3.8, 4) is 10.6 Å². The molecular weight excluding hydrogens is 420 g/mol. The molecule has 10 heteroatoms. The molecule has 152 valence electrons. The summed E-state index contributed by atoms with van der Waals surface area (Å²) in [6, 6.07) is 16.1. The minimum atomic E-state index is -3.83. The number of pyridine rings is 1. The molecule has 0 aliphatic heterocycles. The summed E-state index contributed by atoms with van der Waals surface area (Å²) in [5.41, 5.74) is 10.1. The lowest BCUT2D eigenvalue weighted by molar-refractivity contribution is 0.591. The van der Waals surface area contributed by atoms with Crippen LogP contribution in [0.15, 0.2) is 76.3 Å². The largest absolute Gasteiger partial charge is 0.369 e. The number of hydrogen-bond acceptors (Lipinski definition) is 6. The molecule has 0 spiro atoms. The summed E-state index contributed by atoms with van der Waals surface area (Å²) >= 11 is 1.17. The van der Waals surface area contributed by atoms with Gasteiger partial charge in [-0.05, 0) is 37.3 Å². The molecule has 8 nitrogen and oxygen atoms in total. The first-order valence-electron chi connectivity index (χ1n) is 8.89. The van der Waals surface area contributed by atoms with Crippen LogP contribution in [0.2, 0.25) is 0 Å². The lowest BCUT2D eigenvalue weighted by atomic mass is 10.1. The van der Waals surface area contributed by atoms with E-state index in [1.54, 1.807) is 43.6 Å². The number of nitrogens with two attached hydrogens (primary N) is 1. The van der Waals surface area contributed by atoms with Gasteiger partial charge in [-0.1, -0.05) is 24.3 Å². The number of para-hydroxylation sites is 1. The van der Waals surface area contributed by atoms with E-state index in [9.17, 15) is 8.42 Å². The van der Waals surface area contributed by atoms with Crippen molar-refractivity contribution < 1.29 is 8.42 Å². The highest BCUT2D eigenvalue weighted by molar-refractivity contribution is 7.92. The highest BCUT2D eigenvalue weighted by Gasteiger charge is 2.24. The molecule has 4 aromatic rings. The van der Waals surface area contributed by atoms with Gasteiger partial charge in [-0.3, -0.25) is 10.4 Å². The van der Waals surface area contributed by atoms with Gasteiger partial charge in [0.25, 0.3) is 10.0 Å². The van der Waals surface area contributed by atoms with Gasteiger partial charge in [0.05, 0.1) is 21.8 Å². The molecule has 3 heterocycles. The molecule has 0 fully saturated rings. The van der Waals surface area contributed by atoms with Crippen molar-refractivity contribution in [1.29, 1.82) is 5.41 Å². The van der Waals surface area contributed by atoms with Crippen LogP contribution < -0.4 is 11.2 Å². The van der Waals surface area contributed by atoms with Crippen LogP contribution >= 0.6 is 11.3 Å². The molecule has 0 aliphatic carbocycles. The molecule has 0 saturated carbocycles. The number of benzene rings is 1. The van der Waals surface area contributed by atoms with E-state index in [4.69, 9.17) is 11.1 Å². The smallest absolute Gasteiger partial charge is 0.277 e. The van der Waals surface area contributed by atoms with Gasteiger partial charge in [-0.25, -0.2) is 9.40 Å². The molecule has 3 aromatic heterocycles. The van der Waals surface area contributed by atoms with Gasteiger partial charge >= 0.3 is 0 Å². The van der Waals surface area contributed by atoms with Crippen LogP contribution in [0, 0.1) is 5.41 Å². The van der Waals surface area contributed by atoms with Crippen molar-refractivity contribution in [3.05, 3.63) is 72.6 Å². The highest BCUT2D eigenvalue weighted by Crippen LogP contribution is 2.33. The van der Waals surface area contributed by atoms with E-state index >= 15 is 0 Å². The van der Waals surface area contributed by atoms with Gasteiger partial charge in [0.2, 0.25) is 5.96 Å². The van der Waals surface area contributed by atoms with Crippen LogP contribution in [-0.4, -0.2) is 29.0 Å². The second kappa shape index (κ2) is 7.73. The predicted molar refractivity (Wildman–Crippen MR) is 119 cm³/mol. The third-order valence-electron chi connectivity index (χ3n) is 4.42. The van der Waals surface area contributed by atoms with Crippen molar-refractivity contribution in [3.63, 3.8) is 0 Å². The van der Waals surface area contributed by atoms with Crippen LogP contribution in [-0.2, 0) is 10.0 Å². The summed E-state index contributed by atoms with van der Waals surface area (Å²) < 4.78 is 28.4. The predicted octanol–water partition coefficient (Wildman–Crippen LogP) is 3.21. The molecule has 0 atom stereocenters. The molecule has 4 rings (SSSR count). The average Bonchev–Trinajstić information content (AvgIpc) is 3.39. The fraction of sp³-hybridized carbons (Fsp3) is 0.0500. The number of fused-ring (bicyclic) bond motifs is 1. The van der Waals surface area contributed by atoms with Gasteiger partial charge in [0, 0.05) is 23.3 Å². The summed E-state index contributed by atoms with van der Waals surface area (Å²) in [6.45, 7) is 1.72. The Morgan fingerprint density at radius 1 is 1.17 bits per heavy atom. The third kappa shape index (κ3) is 3.58. The number of rotatable bonds is 5. The van der Waals surface area contributed by atoms with E-state index in [2.05, 4.69) is 15.5 Å². The first-order valence-corrected chi connectivity index (χ1v) is 11.1. The second-order valence-electron chi connectivity index (χ2n) is 6.42. The van der Waals surface area contributed by atoms with Crippen molar-refractivity contribution in [2.75, 3.05) is 0 Å². The fourth-order valence-corrected chi connectivity index (χ4v) is 5.79. The Bertz CT molecular complexity index is 1370. The Morgan fingerprint density at radius 3 is 2.67 bits per heavy atom. The molecular formula is C20H18N6O2S2. The zero-order valence-corrected chi connectivity index (χ0v) is 17.5. The van der Waals surface area contributed by atoms with Crippen LogP contribution in [0.5, 0.6) is 0 Å². The Morgan fingerprint density at radius 2 is 1.93 bits per heavy atom. The zero-order chi connectivity index (χ0) is 21.3. The lowest BCUT2D eigenvalue weighted by Gasteiger charge is -2.05. The first-order chi connectivity index (χ1) is 14.4. The number of hydrogen-bond donors (Lipinski definition) is 3. The normalized spacial score (nSPS) is 12.2. The van der Waals surface area contributed by atoms with Gasteiger partial charge in [-0.15, -0.1) is 11.3 Å². The number of nitrogens with zero attached hydrogens (tertiary/aromatic N) is 3. The van der Waals surface area contributed by atoms with Crippen molar-refractivity contribution in [2.24, 2.45) is 10.8 Å². The quantitative estimate of drug-likeness (QED) is 0.251. The van der Waals surface area contributed by atoms with Crippen LogP contribution in [0.3, 0.4) is 0 Å². The molecule has 30 heavy (non-hydrogen) atoms. The summed E-state index contributed by atoms with van der Waals surface area (Å²) in [7, 11) is -3.83. The van der Waals surface area contributed by atoms with Crippen LogP contribution in [0.1, 0.15) is 12.5 Å². The summed E-state index contributed by atoms with van der Waals surface area (Å²) in [5.74, 6) is -0.300. The van der Waals surface area contributed by atoms with Crippen LogP contribution in [0.25, 0.3) is 21.5 Å². The molecule has 0 unspecified atom stereocenters. The molecule has 0 bridgehead atoms. The maximum absolute atomic E-state index is 13.4. The Labute approximate surface area is 177 Å². The zero-order valence-electron chi connectivity index (χ0n) is 15.9. The Kier molecular flexibility index (Phi) is 5.10. The van der Waals surface area contributed by atoms with Gasteiger partial charge in [0.15, 0.2) is 0 Å². The van der Waals surface area contributed by atoms with Crippen molar-refractivity contribution >= 4 is 43.9 Å². The highest BCUT2D eigenvalue weighted by atomic mass is 32.2. The topological polar surface area (TPSA) is 126 Å². The SMILES string of the molecule is C/C(=N/NC(=N)N)c1cn(S(=O)(=O)c2ccc(-c3ccccn3)s2)c2ccccc12. The van der Waals surface area contributed by atoms with E-state index in [0.717, 1.165) is 16.0 Å². The van der Waals surface area contributed by atoms with Crippen LogP contribution in [0.4, 0.5) is 0 Å². The molecule has 0 aliphatic rings. The van der Waals surface area contributed by atoms with Crippen molar-refractivity contribution in [2.45, 2.75) is 11.1 Å². The van der Waals surface area contributed by atoms with E-state index in [1.165, 1.54) is 15.3 Å². The standard InChI is InChI=1S/C20H18N6O2S2/c1-13(24-25-20(21)22)15-12-26(17-8-3-2-6-14(15)17)30(27,28)19-10-9-18(29-19)16-7-4-5-11-23-16/h2-12H,1H3,(H4,21,22,25)/b24-13-. The Hall–Kier alpha value is -3.50. The van der Waals surface area contributed by atoms with E-state index < -0.39 is 10.0 Å². The maximum Gasteiger partial charge on any atom is 0.277 e. The maximum atomic E-state index is 13.4. The second-order valence-corrected chi connectivity index (χ2v) is 9.54. The molecule has 0 radical (unpaired) electrons. The first kappa shape index (κ1) is 19.8. The number of hydrazone groups is 1. The Balaban J connectivity index is 1.82. The molecule has 0 saturated heterocycles. The van der Waals surface area contributed by atoms with Crippen molar-refractivity contribution in [1.82, 2.24) is 14.4 Å². The minimum Gasteiger partial charge on any atom is -0.369 e. The van der Waals surface area contributed by atoms with Gasteiger partial charge in [0.1, 0.15) is 4.21 Å². The monoisotopic (exact) mass is 438 g/mol. The third-order valence-corrected chi connectivity index (χ3v) is 7.67. The number of thiophene rings is 1. The summed E-state index contributed by atoms with van der Waals surface area (Å²) in [6.07, 6.45) is 3.22. The van der Waals surface area contributed by atoms with Gasteiger partial charge < -0.3 is 5.73 Å². The average molecular weight is 439 g/mol. The lowest BCUT2D eigenvalue weighted by Crippen LogP contribution is -2.26. The molecule has 1 aromatic carbocycles. The fourth-order valence-electron chi connectivity index (χ4n) is 3.04.